The van der Waals surface area contributed by atoms with Crippen molar-refractivity contribution in [1.29, 1.82) is 0 Å². The molecule has 3 aromatic carbocycles. The number of ether oxygens (including phenoxy) is 1. The topological polar surface area (TPSA) is 41.5 Å². The van der Waals surface area contributed by atoms with Gasteiger partial charge < -0.3 is 15.2 Å². The maximum Gasteiger partial charge on any atom is 0.416 e. The standard InChI is InChI=1S/C26H22F7NO2/c27-22-10-9-18(25(28,29)30)13-21(22)24(34-14-23(35)26(31,32)33)17-4-2-6-20(12-17)36-19-5-1-3-16(11-19)15-7-8-15/h1-6,9-13,15,23-24,34-35H,7-8,14H2/t23-,24?/m1/s1. The highest BCUT2D eigenvalue weighted by Gasteiger charge is 2.39. The molecule has 1 unspecified atom stereocenters. The molecule has 3 aromatic rings. The fourth-order valence-corrected chi connectivity index (χ4v) is 3.84. The summed E-state index contributed by atoms with van der Waals surface area (Å²) in [6.45, 7) is -1.07. The first kappa shape index (κ1) is 26.0. The SMILES string of the molecule is O[C@H](CNC(c1cccc(Oc2cccc(C3CC3)c2)c1)c1cc(C(F)(F)F)ccc1F)C(F)(F)F. The normalized spacial score (nSPS) is 16.0. The van der Waals surface area contributed by atoms with Crippen LogP contribution in [0.2, 0.25) is 0 Å². The molecule has 0 spiro atoms. The van der Waals surface area contributed by atoms with E-state index in [0.717, 1.165) is 18.4 Å². The van der Waals surface area contributed by atoms with Gasteiger partial charge in [-0.05, 0) is 72.4 Å². The van der Waals surface area contributed by atoms with Crippen molar-refractivity contribution in [3.63, 3.8) is 0 Å². The first-order valence-corrected chi connectivity index (χ1v) is 11.1. The monoisotopic (exact) mass is 513 g/mol. The lowest BCUT2D eigenvalue weighted by Crippen LogP contribution is -2.40. The molecule has 0 aliphatic heterocycles. The molecule has 0 bridgehead atoms. The van der Waals surface area contributed by atoms with E-state index in [9.17, 15) is 35.8 Å². The third-order valence-corrected chi connectivity index (χ3v) is 5.86. The van der Waals surface area contributed by atoms with E-state index in [1.165, 1.54) is 18.2 Å². The number of nitrogens with one attached hydrogen (secondary N) is 1. The van der Waals surface area contributed by atoms with Gasteiger partial charge in [0.15, 0.2) is 6.10 Å². The summed E-state index contributed by atoms with van der Waals surface area (Å²) in [5.41, 5.74) is -0.424. The van der Waals surface area contributed by atoms with Crippen LogP contribution in [0.1, 0.15) is 47.1 Å². The zero-order valence-electron chi connectivity index (χ0n) is 18.7. The summed E-state index contributed by atoms with van der Waals surface area (Å²) in [4.78, 5) is 0. The van der Waals surface area contributed by atoms with Gasteiger partial charge >= 0.3 is 12.4 Å². The Hall–Kier alpha value is -3.11. The van der Waals surface area contributed by atoms with Crippen LogP contribution in [0.15, 0.2) is 66.7 Å². The van der Waals surface area contributed by atoms with Crippen LogP contribution in [-0.4, -0.2) is 23.9 Å². The van der Waals surface area contributed by atoms with Crippen LogP contribution >= 0.6 is 0 Å². The number of aliphatic hydroxyl groups excluding tert-OH is 1. The summed E-state index contributed by atoms with van der Waals surface area (Å²) >= 11 is 0. The second-order valence-corrected chi connectivity index (χ2v) is 8.65. The van der Waals surface area contributed by atoms with Crippen LogP contribution in [0.5, 0.6) is 11.5 Å². The highest BCUT2D eigenvalue weighted by molar-refractivity contribution is 5.42. The van der Waals surface area contributed by atoms with Crippen molar-refractivity contribution in [2.75, 3.05) is 6.54 Å². The molecule has 4 rings (SSSR count). The Kier molecular flexibility index (Phi) is 7.28. The van der Waals surface area contributed by atoms with Crippen molar-refractivity contribution in [3.05, 3.63) is 94.8 Å². The maximum absolute atomic E-state index is 14.7. The van der Waals surface area contributed by atoms with Crippen LogP contribution < -0.4 is 10.1 Å². The van der Waals surface area contributed by atoms with E-state index in [2.05, 4.69) is 5.32 Å². The van der Waals surface area contributed by atoms with Gasteiger partial charge in [-0.2, -0.15) is 26.3 Å². The van der Waals surface area contributed by atoms with Crippen LogP contribution in [-0.2, 0) is 6.18 Å². The average molecular weight is 513 g/mol. The lowest BCUT2D eigenvalue weighted by Gasteiger charge is -2.24. The lowest BCUT2D eigenvalue weighted by molar-refractivity contribution is -0.202. The summed E-state index contributed by atoms with van der Waals surface area (Å²) in [5, 5.41) is 11.8. The van der Waals surface area contributed by atoms with Gasteiger partial charge in [0.1, 0.15) is 17.3 Å². The highest BCUT2D eigenvalue weighted by atomic mass is 19.4. The van der Waals surface area contributed by atoms with Gasteiger partial charge in [-0.1, -0.05) is 24.3 Å². The summed E-state index contributed by atoms with van der Waals surface area (Å²) in [6.07, 6.45) is -10.4. The number of alkyl halides is 6. The van der Waals surface area contributed by atoms with E-state index < -0.39 is 48.0 Å². The van der Waals surface area contributed by atoms with Gasteiger partial charge in [-0.25, -0.2) is 4.39 Å². The largest absolute Gasteiger partial charge is 0.457 e. The number of hydrogen-bond acceptors (Lipinski definition) is 3. The van der Waals surface area contributed by atoms with Crippen molar-refractivity contribution >= 4 is 0 Å². The second kappa shape index (κ2) is 10.1. The third kappa shape index (κ3) is 6.36. The van der Waals surface area contributed by atoms with Crippen molar-refractivity contribution in [3.8, 4) is 11.5 Å². The van der Waals surface area contributed by atoms with Gasteiger partial charge in [-0.15, -0.1) is 0 Å². The minimum atomic E-state index is -4.97. The first-order chi connectivity index (χ1) is 16.9. The van der Waals surface area contributed by atoms with Gasteiger partial charge in [0, 0.05) is 12.1 Å². The zero-order valence-corrected chi connectivity index (χ0v) is 18.7. The molecule has 0 amide bonds. The van der Waals surface area contributed by atoms with Crippen molar-refractivity contribution in [2.45, 2.75) is 43.3 Å². The van der Waals surface area contributed by atoms with E-state index in [1.54, 1.807) is 12.1 Å². The quantitative estimate of drug-likeness (QED) is 0.315. The van der Waals surface area contributed by atoms with Crippen molar-refractivity contribution < 1.29 is 40.6 Å². The molecule has 10 heteroatoms. The number of benzene rings is 3. The van der Waals surface area contributed by atoms with Gasteiger partial charge in [-0.3, -0.25) is 0 Å². The van der Waals surface area contributed by atoms with Crippen molar-refractivity contribution in [1.82, 2.24) is 5.32 Å². The molecule has 2 N–H and O–H groups in total. The zero-order chi connectivity index (χ0) is 26.1. The molecular formula is C26H22F7NO2. The van der Waals surface area contributed by atoms with E-state index in [1.807, 2.05) is 18.2 Å². The van der Waals surface area contributed by atoms with Crippen LogP contribution in [0.4, 0.5) is 30.7 Å². The Balaban J connectivity index is 1.67. The van der Waals surface area contributed by atoms with Crippen LogP contribution in [0.25, 0.3) is 0 Å². The Morgan fingerprint density at radius 3 is 2.19 bits per heavy atom. The summed E-state index contributed by atoms with van der Waals surface area (Å²) in [6, 6.07) is 13.5. The number of halogens is 7. The lowest BCUT2D eigenvalue weighted by atomic mass is 9.95. The smallest absolute Gasteiger partial charge is 0.416 e. The first-order valence-electron chi connectivity index (χ1n) is 11.1. The Morgan fingerprint density at radius 2 is 1.56 bits per heavy atom. The molecule has 1 aliphatic rings. The molecule has 2 atom stereocenters. The molecule has 0 heterocycles. The predicted molar refractivity (Wildman–Crippen MR) is 118 cm³/mol. The van der Waals surface area contributed by atoms with E-state index in [-0.39, 0.29) is 11.3 Å². The number of rotatable bonds is 8. The average Bonchev–Trinajstić information content (AvgIpc) is 3.65. The van der Waals surface area contributed by atoms with Crippen LogP contribution in [0.3, 0.4) is 0 Å². The van der Waals surface area contributed by atoms with Gasteiger partial charge in [0.2, 0.25) is 0 Å². The molecule has 192 valence electrons. The summed E-state index contributed by atoms with van der Waals surface area (Å²) in [5.74, 6) is 0.192. The number of hydrogen-bond donors (Lipinski definition) is 2. The molecule has 3 nitrogen and oxygen atoms in total. The Bertz CT molecular complexity index is 1210. The van der Waals surface area contributed by atoms with E-state index >= 15 is 0 Å². The third-order valence-electron chi connectivity index (χ3n) is 5.86. The molecule has 1 fully saturated rings. The highest BCUT2D eigenvalue weighted by Crippen LogP contribution is 2.41. The Labute approximate surface area is 202 Å². The molecule has 1 aliphatic carbocycles. The fourth-order valence-electron chi connectivity index (χ4n) is 3.84. The van der Waals surface area contributed by atoms with Crippen LogP contribution in [0, 0.1) is 5.82 Å². The van der Waals surface area contributed by atoms with Crippen molar-refractivity contribution in [2.24, 2.45) is 0 Å². The number of aliphatic hydroxyl groups is 1. The molecular weight excluding hydrogens is 491 g/mol. The summed E-state index contributed by atoms with van der Waals surface area (Å²) in [7, 11) is 0. The predicted octanol–water partition coefficient (Wildman–Crippen LogP) is 7.12. The summed E-state index contributed by atoms with van der Waals surface area (Å²) < 4.78 is 99.1. The molecule has 0 saturated heterocycles. The minimum absolute atomic E-state index is 0.151. The van der Waals surface area contributed by atoms with E-state index in [0.29, 0.717) is 29.9 Å². The fraction of sp³-hybridized carbons (Fsp3) is 0.308. The second-order valence-electron chi connectivity index (χ2n) is 8.65. The van der Waals surface area contributed by atoms with E-state index in [4.69, 9.17) is 4.74 Å². The van der Waals surface area contributed by atoms with Gasteiger partial charge in [0.05, 0.1) is 11.6 Å². The Morgan fingerprint density at radius 1 is 0.889 bits per heavy atom. The molecule has 0 radical (unpaired) electrons. The molecule has 0 aromatic heterocycles. The van der Waals surface area contributed by atoms with Gasteiger partial charge in [0.25, 0.3) is 0 Å². The maximum atomic E-state index is 14.7. The molecule has 36 heavy (non-hydrogen) atoms. The molecule has 1 saturated carbocycles. The minimum Gasteiger partial charge on any atom is -0.457 e.